The van der Waals surface area contributed by atoms with Crippen molar-refractivity contribution in [3.8, 4) is 0 Å². The lowest BCUT2D eigenvalue weighted by atomic mass is 10.0. The average molecular weight is 437 g/mol. The molecule has 168 valence electrons. The number of benzene rings is 2. The molecule has 0 radical (unpaired) electrons. The molecule has 2 N–H and O–H groups in total. The van der Waals surface area contributed by atoms with Crippen LogP contribution in [0.2, 0.25) is 0 Å². The van der Waals surface area contributed by atoms with Crippen LogP contribution in [0.25, 0.3) is 0 Å². The summed E-state index contributed by atoms with van der Waals surface area (Å²) in [5, 5.41) is 5.34. The van der Waals surface area contributed by atoms with Gasteiger partial charge in [0, 0.05) is 29.9 Å². The molecule has 1 aliphatic heterocycles. The Morgan fingerprint density at radius 1 is 1.06 bits per heavy atom. The molecule has 32 heavy (non-hydrogen) atoms. The molecular formula is C24H27N3O5. The highest BCUT2D eigenvalue weighted by Crippen LogP contribution is 2.24. The van der Waals surface area contributed by atoms with Crippen LogP contribution >= 0.6 is 0 Å². The van der Waals surface area contributed by atoms with E-state index in [1.165, 1.54) is 0 Å². The Bertz CT molecular complexity index is 990. The minimum absolute atomic E-state index is 0.0553. The first-order chi connectivity index (χ1) is 15.3. The number of nitrogens with one attached hydrogen (secondary N) is 2. The van der Waals surface area contributed by atoms with Gasteiger partial charge in [0.1, 0.15) is 6.04 Å². The van der Waals surface area contributed by atoms with Gasteiger partial charge in [-0.2, -0.15) is 0 Å². The summed E-state index contributed by atoms with van der Waals surface area (Å²) in [5.41, 5.74) is 1.65. The minimum Gasteiger partial charge on any atom is -0.454 e. The third-order valence-electron chi connectivity index (χ3n) is 5.10. The van der Waals surface area contributed by atoms with Crippen molar-refractivity contribution in [1.82, 2.24) is 5.32 Å². The second kappa shape index (κ2) is 10.6. The molecular weight excluding hydrogens is 410 g/mol. The molecule has 0 aromatic heterocycles. The first-order valence-electron chi connectivity index (χ1n) is 10.6. The fraction of sp³-hybridized carbons (Fsp3) is 0.333. The zero-order valence-electron chi connectivity index (χ0n) is 18.2. The summed E-state index contributed by atoms with van der Waals surface area (Å²) in [6, 6.07) is 14.6. The number of carbonyl (C=O) groups is 4. The van der Waals surface area contributed by atoms with Gasteiger partial charge in [-0.3, -0.25) is 14.4 Å². The summed E-state index contributed by atoms with van der Waals surface area (Å²) in [7, 11) is 0. The maximum absolute atomic E-state index is 12.5. The van der Waals surface area contributed by atoms with E-state index in [1.54, 1.807) is 67.3 Å². The van der Waals surface area contributed by atoms with E-state index in [9.17, 15) is 19.2 Å². The van der Waals surface area contributed by atoms with E-state index in [-0.39, 0.29) is 17.7 Å². The van der Waals surface area contributed by atoms with Crippen molar-refractivity contribution in [2.75, 3.05) is 23.4 Å². The smallest absolute Gasteiger partial charge is 0.329 e. The number of ether oxygens (including phenoxy) is 1. The Balaban J connectivity index is 1.54. The van der Waals surface area contributed by atoms with Crippen molar-refractivity contribution in [3.05, 3.63) is 60.2 Å². The summed E-state index contributed by atoms with van der Waals surface area (Å²) in [5.74, 6) is -1.76. The molecule has 1 atom stereocenters. The lowest BCUT2D eigenvalue weighted by molar-refractivity contribution is -0.150. The number of amides is 3. The molecule has 1 fully saturated rings. The second-order valence-corrected chi connectivity index (χ2v) is 7.92. The predicted molar refractivity (Wildman–Crippen MR) is 120 cm³/mol. The Morgan fingerprint density at radius 2 is 1.81 bits per heavy atom. The fourth-order valence-corrected chi connectivity index (χ4v) is 3.41. The van der Waals surface area contributed by atoms with Gasteiger partial charge in [0.25, 0.3) is 11.8 Å². The summed E-state index contributed by atoms with van der Waals surface area (Å²) in [6.07, 6.45) is 1.33. The lowest BCUT2D eigenvalue weighted by Crippen LogP contribution is -2.45. The molecule has 1 heterocycles. The van der Waals surface area contributed by atoms with Gasteiger partial charge in [0.05, 0.1) is 0 Å². The highest BCUT2D eigenvalue weighted by molar-refractivity contribution is 5.98. The van der Waals surface area contributed by atoms with Crippen LogP contribution in [0, 0.1) is 5.92 Å². The van der Waals surface area contributed by atoms with Crippen molar-refractivity contribution >= 4 is 35.1 Å². The molecule has 0 aliphatic carbocycles. The zero-order chi connectivity index (χ0) is 23.1. The van der Waals surface area contributed by atoms with Gasteiger partial charge in [0.2, 0.25) is 5.91 Å². The van der Waals surface area contributed by atoms with Crippen LogP contribution in [0.5, 0.6) is 0 Å². The van der Waals surface area contributed by atoms with Crippen molar-refractivity contribution < 1.29 is 23.9 Å². The van der Waals surface area contributed by atoms with Crippen LogP contribution in [0.4, 0.5) is 11.4 Å². The highest BCUT2D eigenvalue weighted by atomic mass is 16.5. The molecule has 2 aromatic carbocycles. The first kappa shape index (κ1) is 23.0. The molecule has 8 nitrogen and oxygen atoms in total. The molecule has 0 bridgehead atoms. The van der Waals surface area contributed by atoms with Crippen molar-refractivity contribution in [1.29, 1.82) is 0 Å². The van der Waals surface area contributed by atoms with Crippen LogP contribution in [-0.2, 0) is 19.1 Å². The van der Waals surface area contributed by atoms with Gasteiger partial charge in [-0.1, -0.05) is 38.1 Å². The molecule has 0 spiro atoms. The number of esters is 1. The van der Waals surface area contributed by atoms with E-state index >= 15 is 0 Å². The van der Waals surface area contributed by atoms with Gasteiger partial charge >= 0.3 is 5.97 Å². The van der Waals surface area contributed by atoms with Crippen molar-refractivity contribution in [2.45, 2.75) is 32.7 Å². The zero-order valence-corrected chi connectivity index (χ0v) is 18.2. The third kappa shape index (κ3) is 5.94. The largest absolute Gasteiger partial charge is 0.454 e. The van der Waals surface area contributed by atoms with E-state index in [0.717, 1.165) is 6.42 Å². The van der Waals surface area contributed by atoms with E-state index in [0.29, 0.717) is 29.9 Å². The highest BCUT2D eigenvalue weighted by Gasteiger charge is 2.27. The molecule has 3 amide bonds. The van der Waals surface area contributed by atoms with E-state index < -0.39 is 24.5 Å². The molecule has 1 saturated heterocycles. The predicted octanol–water partition coefficient (Wildman–Crippen LogP) is 2.75. The van der Waals surface area contributed by atoms with Gasteiger partial charge in [-0.25, -0.2) is 4.79 Å². The Kier molecular flexibility index (Phi) is 7.59. The van der Waals surface area contributed by atoms with E-state index in [1.807, 2.05) is 6.07 Å². The standard InChI is InChI=1S/C24H27N3O5/c1-16(2)22(26-23(30)17-8-4-3-5-9-17)24(31)32-15-20(28)25-18-10-6-11-19(14-18)27-13-7-12-21(27)29/h3-6,8-11,14,16,22H,7,12-13,15H2,1-2H3,(H,25,28)(H,26,30)/t22-/m0/s1. The summed E-state index contributed by atoms with van der Waals surface area (Å²) >= 11 is 0. The third-order valence-corrected chi connectivity index (χ3v) is 5.10. The SMILES string of the molecule is CC(C)[C@H](NC(=O)c1ccccc1)C(=O)OCC(=O)Nc1cccc(N2CCCC2=O)c1. The van der Waals surface area contributed by atoms with Crippen molar-refractivity contribution in [3.63, 3.8) is 0 Å². The van der Waals surface area contributed by atoms with Crippen LogP contribution in [-0.4, -0.2) is 42.9 Å². The second-order valence-electron chi connectivity index (χ2n) is 7.92. The molecule has 3 rings (SSSR count). The van der Waals surface area contributed by atoms with Crippen LogP contribution in [0.3, 0.4) is 0 Å². The van der Waals surface area contributed by atoms with Gasteiger partial charge in [0.15, 0.2) is 6.61 Å². The van der Waals surface area contributed by atoms with Gasteiger partial charge < -0.3 is 20.3 Å². The Labute approximate surface area is 186 Å². The maximum atomic E-state index is 12.5. The van der Waals surface area contributed by atoms with E-state index in [4.69, 9.17) is 4.74 Å². The van der Waals surface area contributed by atoms with Crippen LogP contribution < -0.4 is 15.5 Å². The topological polar surface area (TPSA) is 105 Å². The number of rotatable bonds is 8. The van der Waals surface area contributed by atoms with Gasteiger partial charge in [-0.15, -0.1) is 0 Å². The number of hydrogen-bond donors (Lipinski definition) is 2. The number of hydrogen-bond acceptors (Lipinski definition) is 5. The monoisotopic (exact) mass is 437 g/mol. The normalized spacial score (nSPS) is 14.2. The first-order valence-corrected chi connectivity index (χ1v) is 10.6. The fourth-order valence-electron chi connectivity index (χ4n) is 3.41. The number of nitrogens with zero attached hydrogens (tertiary/aromatic N) is 1. The van der Waals surface area contributed by atoms with E-state index in [2.05, 4.69) is 10.6 Å². The van der Waals surface area contributed by atoms with Gasteiger partial charge in [-0.05, 0) is 42.7 Å². The molecule has 8 heteroatoms. The average Bonchev–Trinajstić information content (AvgIpc) is 3.22. The van der Waals surface area contributed by atoms with Crippen LogP contribution in [0.1, 0.15) is 37.0 Å². The summed E-state index contributed by atoms with van der Waals surface area (Å²) in [6.45, 7) is 3.72. The maximum Gasteiger partial charge on any atom is 0.329 e. The lowest BCUT2D eigenvalue weighted by Gasteiger charge is -2.21. The van der Waals surface area contributed by atoms with Crippen molar-refractivity contribution in [2.24, 2.45) is 5.92 Å². The summed E-state index contributed by atoms with van der Waals surface area (Å²) < 4.78 is 5.15. The van der Waals surface area contributed by atoms with Crippen LogP contribution in [0.15, 0.2) is 54.6 Å². The Morgan fingerprint density at radius 3 is 2.47 bits per heavy atom. The molecule has 1 aliphatic rings. The minimum atomic E-state index is -0.889. The molecule has 0 unspecified atom stereocenters. The molecule has 2 aromatic rings. The number of anilines is 2. The number of carbonyl (C=O) groups excluding carboxylic acids is 4. The molecule has 0 saturated carbocycles. The Hall–Kier alpha value is -3.68. The summed E-state index contributed by atoms with van der Waals surface area (Å²) in [4.78, 5) is 50.8. The quantitative estimate of drug-likeness (QED) is 0.618.